The Kier molecular flexibility index (Phi) is 20.7. The fourth-order valence-corrected chi connectivity index (χ4v) is 0.655. The van der Waals surface area contributed by atoms with Crippen molar-refractivity contribution in [2.24, 2.45) is 0 Å². The predicted octanol–water partition coefficient (Wildman–Crippen LogP) is -4.84. The summed E-state index contributed by atoms with van der Waals surface area (Å²) in [5.74, 6) is 0. The summed E-state index contributed by atoms with van der Waals surface area (Å²) >= 11 is -0.329. The molecule has 31 heavy (non-hydrogen) atoms. The molecule has 0 N–H and O–H groups in total. The minimum atomic E-state index is -4.21. The second-order valence-corrected chi connectivity index (χ2v) is 3.08. The first-order valence-corrected chi connectivity index (χ1v) is 5.65. The molecule has 0 fully saturated rings. The van der Waals surface area contributed by atoms with Gasteiger partial charge in [0.05, 0.1) is 5.09 Å². The van der Waals surface area contributed by atoms with E-state index < -0.39 is 41.8 Å². The Morgan fingerprint density at radius 1 is 0.484 bits per heavy atom. The third kappa shape index (κ3) is 31.3. The molecule has 0 radical (unpaired) electrons. The van der Waals surface area contributed by atoms with Gasteiger partial charge in [0.15, 0.2) is 0 Å². The zero-order valence-electron chi connectivity index (χ0n) is 13.6. The number of rotatable bonds is 12. The monoisotopic (exact) mass is 517 g/mol. The van der Waals surface area contributed by atoms with E-state index in [0.29, 0.717) is 0 Å². The van der Waals surface area contributed by atoms with Gasteiger partial charge >= 0.3 is 88.1 Å². The maximum Gasteiger partial charge on any atom is 1.00 e. The van der Waals surface area contributed by atoms with Gasteiger partial charge in [-0.2, -0.15) is 0 Å². The van der Waals surface area contributed by atoms with E-state index in [1.165, 1.54) is 0 Å². The van der Waals surface area contributed by atoms with Gasteiger partial charge in [-0.05, 0) is 0 Å². The Labute approximate surface area is 208 Å². The van der Waals surface area contributed by atoms with E-state index in [2.05, 4.69) is 27.9 Å². The van der Waals surface area contributed by atoms with Crippen molar-refractivity contribution in [3.63, 3.8) is 0 Å². The van der Waals surface area contributed by atoms with E-state index in [9.17, 15) is 60.7 Å². The first-order valence-electron chi connectivity index (χ1n) is 4.98. The molecule has 0 aromatic carbocycles. The number of nitrogens with zero attached hydrogens (tertiary/aromatic N) is 7. The first kappa shape index (κ1) is 34.9. The van der Waals surface area contributed by atoms with Crippen LogP contribution in [0, 0.1) is 76.0 Å². The summed E-state index contributed by atoms with van der Waals surface area (Å²) in [5, 5.41) is 62.5. The van der Waals surface area contributed by atoms with Crippen LogP contribution in [0.2, 0.25) is 0 Å². The molecule has 0 spiro atoms. The first-order chi connectivity index (χ1) is 13.5. The standard InChI is InChI=1S/CN4O12.K.N2O6S.NO3/c6-2(7)14-1(15-3(8)9,16-4(10)11)17-5(12)13;;3-1(4)7-9-8-2(5)6;2-1(3)4/q;+1;;-1. The van der Waals surface area contributed by atoms with Crippen molar-refractivity contribution in [3.05, 3.63) is 76.0 Å². The van der Waals surface area contributed by atoms with Crippen LogP contribution in [-0.2, 0) is 27.9 Å². The molecule has 0 aliphatic rings. The predicted molar refractivity (Wildman–Crippen MR) is 69.2 cm³/mol. The Morgan fingerprint density at radius 2 is 0.677 bits per heavy atom. The van der Waals surface area contributed by atoms with Crippen LogP contribution in [0.1, 0.15) is 0 Å². The average Bonchev–Trinajstić information content (AvgIpc) is 2.42. The number of hydrogen-bond acceptors (Lipinski definition) is 22. The van der Waals surface area contributed by atoms with Crippen molar-refractivity contribution >= 4 is 12.3 Å². The van der Waals surface area contributed by atoms with E-state index >= 15 is 0 Å². The molecule has 30 heteroatoms. The molecule has 0 heterocycles. The van der Waals surface area contributed by atoms with Crippen LogP contribution in [0.25, 0.3) is 0 Å². The van der Waals surface area contributed by atoms with Crippen LogP contribution in [0.4, 0.5) is 0 Å². The molecule has 0 aliphatic heterocycles. The molecule has 0 saturated heterocycles. The van der Waals surface area contributed by atoms with Crippen LogP contribution in [-0.4, -0.2) is 41.8 Å². The quantitative estimate of drug-likeness (QED) is 0.0769. The van der Waals surface area contributed by atoms with Crippen LogP contribution < -0.4 is 51.4 Å². The zero-order valence-corrected chi connectivity index (χ0v) is 17.6. The SMILES string of the molecule is O=[N+]([O-])OC(O[N+](=O)[O-])(O[N+](=O)[O-])O[N+](=O)[O-].O=[N+]([O-])OSO[N+](=O)[O-].O=[N+]([O-])[O-].[K+]. The molecular weight excluding hydrogens is 517 g/mol. The van der Waals surface area contributed by atoms with Gasteiger partial charge < -0.3 is 15.3 Å². The van der Waals surface area contributed by atoms with Gasteiger partial charge in [-0.25, -0.2) is 27.9 Å². The van der Waals surface area contributed by atoms with E-state index in [1.54, 1.807) is 0 Å². The number of hydrogen-bond donors (Lipinski definition) is 0. The molecule has 28 nitrogen and oxygen atoms in total. The van der Waals surface area contributed by atoms with Crippen molar-refractivity contribution in [3.8, 4) is 0 Å². The normalized spacial score (nSPS) is 8.52. The van der Waals surface area contributed by atoms with Gasteiger partial charge in [-0.1, -0.05) is 0 Å². The average molecular weight is 517 g/mol. The largest absolute Gasteiger partial charge is 1.00 e. The molecule has 0 unspecified atom stereocenters. The third-order valence-electron chi connectivity index (χ3n) is 0.928. The fraction of sp³-hybridized carbons (Fsp3) is 1.00. The summed E-state index contributed by atoms with van der Waals surface area (Å²) < 4.78 is 6.66. The Bertz CT molecular complexity index is 560. The molecule has 0 rings (SSSR count). The van der Waals surface area contributed by atoms with Crippen molar-refractivity contribution < 1.29 is 115 Å². The molecule has 0 aromatic heterocycles. The smallest absolute Gasteiger partial charge is 0.356 e. The van der Waals surface area contributed by atoms with Crippen molar-refractivity contribution in [1.29, 1.82) is 0 Å². The minimum absolute atomic E-state index is 0. The Balaban J connectivity index is -0.000000218. The van der Waals surface area contributed by atoms with E-state index in [4.69, 9.17) is 15.3 Å². The van der Waals surface area contributed by atoms with Crippen LogP contribution in [0.5, 0.6) is 0 Å². The van der Waals surface area contributed by atoms with Crippen LogP contribution in [0.15, 0.2) is 0 Å². The second-order valence-electron chi connectivity index (χ2n) is 2.65. The van der Waals surface area contributed by atoms with Gasteiger partial charge in [0.25, 0.3) is 0 Å². The maximum absolute atomic E-state index is 9.83. The summed E-state index contributed by atoms with van der Waals surface area (Å²) in [6, 6.07) is 0. The molecule has 0 bridgehead atoms. The van der Waals surface area contributed by atoms with Crippen molar-refractivity contribution in [2.75, 3.05) is 0 Å². The molecule has 0 amide bonds. The second kappa shape index (κ2) is 18.4. The molecular formula is CKN7O21S. The summed E-state index contributed by atoms with van der Waals surface area (Å²) in [4.78, 5) is 78.5. The van der Waals surface area contributed by atoms with Crippen molar-refractivity contribution in [2.45, 2.75) is 6.16 Å². The fourth-order valence-electron chi connectivity index (χ4n) is 0.528. The zero-order chi connectivity index (χ0) is 24.5. The van der Waals surface area contributed by atoms with E-state index in [-0.39, 0.29) is 63.7 Å². The minimum Gasteiger partial charge on any atom is -0.356 e. The van der Waals surface area contributed by atoms with E-state index in [0.717, 1.165) is 0 Å². The molecule has 0 saturated carbocycles. The topological polar surface area (TPSA) is 380 Å². The Hall–Kier alpha value is -3.61. The van der Waals surface area contributed by atoms with Gasteiger partial charge in [0.2, 0.25) is 12.3 Å². The summed E-state index contributed by atoms with van der Waals surface area (Å²) in [7, 11) is 0. The van der Waals surface area contributed by atoms with Gasteiger partial charge in [0.1, 0.15) is 0 Å². The molecule has 0 aliphatic carbocycles. The summed E-state index contributed by atoms with van der Waals surface area (Å²) in [5.41, 5.74) is 0. The van der Waals surface area contributed by atoms with Crippen molar-refractivity contribution in [1.82, 2.24) is 0 Å². The van der Waals surface area contributed by atoms with Gasteiger partial charge in [0, 0.05) is 0 Å². The summed E-state index contributed by atoms with van der Waals surface area (Å²) in [6.07, 6.45) is -4.21. The van der Waals surface area contributed by atoms with Crippen LogP contribution >= 0.6 is 12.3 Å². The molecule has 172 valence electrons. The van der Waals surface area contributed by atoms with Crippen LogP contribution in [0.3, 0.4) is 0 Å². The molecule has 0 atom stereocenters. The van der Waals surface area contributed by atoms with Gasteiger partial charge in [-0.15, -0.1) is 60.7 Å². The Morgan fingerprint density at radius 3 is 0.806 bits per heavy atom. The third-order valence-corrected chi connectivity index (χ3v) is 1.29. The van der Waals surface area contributed by atoms with E-state index in [1.807, 2.05) is 0 Å². The molecule has 0 aromatic rings. The van der Waals surface area contributed by atoms with Gasteiger partial charge in [-0.3, -0.25) is 0 Å². The maximum atomic E-state index is 9.83. The summed E-state index contributed by atoms with van der Waals surface area (Å²) in [6.45, 7) is 0.